The van der Waals surface area contributed by atoms with Crippen LogP contribution in [0.15, 0.2) is 53.6 Å². The second-order valence-electron chi connectivity index (χ2n) is 10.9. The Kier molecular flexibility index (Phi) is 7.74. The summed E-state index contributed by atoms with van der Waals surface area (Å²) in [5.74, 6) is -0.934. The standard InChI is InChI=1S/C30H34N4O6S/c1-17-8-9-20(23(16-28(35)36)22-14-24-29(25(15-22)39-5)34(4)33-32-24)13-21(17)11-18(2)27-12-19(3)40-30-26(41(27,37)38)7-6-10-31-30/h6-10,13-15,18-19,23,27H,11-12,16H2,1-5H3,(H,35,36). The molecule has 3 heterocycles. The van der Waals surface area contributed by atoms with Crippen molar-refractivity contribution in [2.75, 3.05) is 7.11 Å². The van der Waals surface area contributed by atoms with Crippen molar-refractivity contribution in [1.29, 1.82) is 0 Å². The van der Waals surface area contributed by atoms with Crippen LogP contribution in [0.2, 0.25) is 0 Å². The molecule has 0 spiro atoms. The number of aryl methyl sites for hydroxylation is 2. The molecule has 10 nitrogen and oxygen atoms in total. The van der Waals surface area contributed by atoms with E-state index in [1.165, 1.54) is 6.20 Å². The maximum Gasteiger partial charge on any atom is 0.304 e. The Morgan fingerprint density at radius 1 is 1.22 bits per heavy atom. The largest absolute Gasteiger partial charge is 0.494 e. The van der Waals surface area contributed by atoms with Gasteiger partial charge in [-0.05, 0) is 72.7 Å². The van der Waals surface area contributed by atoms with E-state index in [0.29, 0.717) is 24.1 Å². The van der Waals surface area contributed by atoms with Gasteiger partial charge in [-0.15, -0.1) is 5.10 Å². The van der Waals surface area contributed by atoms with E-state index in [0.717, 1.165) is 27.8 Å². The average molecular weight is 579 g/mol. The highest BCUT2D eigenvalue weighted by Crippen LogP contribution is 2.38. The molecule has 0 saturated carbocycles. The van der Waals surface area contributed by atoms with Crippen LogP contribution in [0, 0.1) is 12.8 Å². The summed E-state index contributed by atoms with van der Waals surface area (Å²) in [6.45, 7) is 5.80. The SMILES string of the molecule is COc1cc(C(CC(=O)O)c2ccc(C)c(CC(C)C3CC(C)Oc4ncccc4S3(=O)=O)c2)cc2nnn(C)c12. The Morgan fingerprint density at radius 2 is 2.00 bits per heavy atom. The first-order valence-electron chi connectivity index (χ1n) is 13.5. The summed E-state index contributed by atoms with van der Waals surface area (Å²) < 4.78 is 40.5. The van der Waals surface area contributed by atoms with Gasteiger partial charge in [-0.1, -0.05) is 30.3 Å². The van der Waals surface area contributed by atoms with Gasteiger partial charge in [0.05, 0.1) is 24.9 Å². The van der Waals surface area contributed by atoms with Crippen LogP contribution in [-0.4, -0.2) is 57.9 Å². The highest BCUT2D eigenvalue weighted by molar-refractivity contribution is 7.92. The third kappa shape index (κ3) is 5.50. The lowest BCUT2D eigenvalue weighted by Gasteiger charge is -2.25. The molecule has 41 heavy (non-hydrogen) atoms. The molecule has 1 aliphatic rings. The normalized spacial score (nSPS) is 19.5. The minimum atomic E-state index is -3.69. The Labute approximate surface area is 239 Å². The monoisotopic (exact) mass is 578 g/mol. The summed E-state index contributed by atoms with van der Waals surface area (Å²) in [5.41, 5.74) is 4.89. The van der Waals surface area contributed by atoms with Crippen LogP contribution in [-0.2, 0) is 28.1 Å². The molecule has 1 aliphatic heterocycles. The van der Waals surface area contributed by atoms with Gasteiger partial charge >= 0.3 is 5.97 Å². The number of pyridine rings is 1. The van der Waals surface area contributed by atoms with E-state index in [9.17, 15) is 18.3 Å². The number of benzene rings is 2. The molecule has 0 amide bonds. The molecule has 4 aromatic rings. The fraction of sp³-hybridized carbons (Fsp3) is 0.400. The predicted molar refractivity (Wildman–Crippen MR) is 153 cm³/mol. The van der Waals surface area contributed by atoms with Crippen molar-refractivity contribution >= 4 is 26.8 Å². The number of aromatic nitrogens is 4. The topological polar surface area (TPSA) is 134 Å². The van der Waals surface area contributed by atoms with E-state index >= 15 is 0 Å². The Bertz CT molecular complexity index is 1720. The summed E-state index contributed by atoms with van der Waals surface area (Å²) in [5, 5.41) is 17.5. The number of hydrogen-bond acceptors (Lipinski definition) is 8. The lowest BCUT2D eigenvalue weighted by Crippen LogP contribution is -2.32. The Balaban J connectivity index is 1.51. The van der Waals surface area contributed by atoms with Gasteiger partial charge in [0.25, 0.3) is 0 Å². The Hall–Kier alpha value is -3.99. The first-order valence-corrected chi connectivity index (χ1v) is 15.1. The lowest BCUT2D eigenvalue weighted by molar-refractivity contribution is -0.137. The van der Waals surface area contributed by atoms with Crippen molar-refractivity contribution in [1.82, 2.24) is 20.0 Å². The zero-order chi connectivity index (χ0) is 29.5. The minimum absolute atomic E-state index is 0.126. The van der Waals surface area contributed by atoms with Crippen LogP contribution >= 0.6 is 0 Å². The van der Waals surface area contributed by atoms with Gasteiger partial charge in [0, 0.05) is 25.6 Å². The summed E-state index contributed by atoms with van der Waals surface area (Å²) >= 11 is 0. The molecule has 4 atom stereocenters. The Morgan fingerprint density at radius 3 is 2.73 bits per heavy atom. The quantitative estimate of drug-likeness (QED) is 0.321. The van der Waals surface area contributed by atoms with Crippen molar-refractivity contribution in [2.45, 2.75) is 62.2 Å². The van der Waals surface area contributed by atoms with Crippen LogP contribution < -0.4 is 9.47 Å². The van der Waals surface area contributed by atoms with Gasteiger partial charge in [-0.25, -0.2) is 18.1 Å². The fourth-order valence-corrected chi connectivity index (χ4v) is 7.99. The molecule has 0 aliphatic carbocycles. The third-order valence-electron chi connectivity index (χ3n) is 7.96. The van der Waals surface area contributed by atoms with Gasteiger partial charge in [-0.3, -0.25) is 4.79 Å². The van der Waals surface area contributed by atoms with Gasteiger partial charge < -0.3 is 14.6 Å². The number of hydrogen-bond donors (Lipinski definition) is 1. The fourth-order valence-electron chi connectivity index (χ4n) is 5.82. The van der Waals surface area contributed by atoms with Crippen LogP contribution in [0.4, 0.5) is 0 Å². The summed E-state index contributed by atoms with van der Waals surface area (Å²) in [6.07, 6.45) is 1.93. The highest BCUT2D eigenvalue weighted by atomic mass is 32.2. The van der Waals surface area contributed by atoms with Crippen molar-refractivity contribution in [3.8, 4) is 11.6 Å². The highest BCUT2D eigenvalue weighted by Gasteiger charge is 2.39. The summed E-state index contributed by atoms with van der Waals surface area (Å²) in [6, 6.07) is 12.8. The molecule has 0 bridgehead atoms. The zero-order valence-corrected chi connectivity index (χ0v) is 24.6. The molecule has 2 aromatic heterocycles. The molecular weight excluding hydrogens is 544 g/mol. The van der Waals surface area contributed by atoms with Gasteiger partial charge in [-0.2, -0.15) is 0 Å². The maximum absolute atomic E-state index is 13.7. The molecule has 0 saturated heterocycles. The number of carbonyl (C=O) groups is 1. The number of rotatable bonds is 8. The van der Waals surface area contributed by atoms with E-state index < -0.39 is 27.0 Å². The van der Waals surface area contributed by atoms with Crippen LogP contribution in [0.25, 0.3) is 11.0 Å². The van der Waals surface area contributed by atoms with Crippen LogP contribution in [0.3, 0.4) is 0 Å². The average Bonchev–Trinajstić information content (AvgIpc) is 3.27. The third-order valence-corrected chi connectivity index (χ3v) is 10.3. The minimum Gasteiger partial charge on any atom is -0.494 e. The van der Waals surface area contributed by atoms with Crippen molar-refractivity contribution in [3.63, 3.8) is 0 Å². The van der Waals surface area contributed by atoms with E-state index in [4.69, 9.17) is 9.47 Å². The molecule has 11 heteroatoms. The van der Waals surface area contributed by atoms with Crippen molar-refractivity contribution < 1.29 is 27.8 Å². The molecule has 0 fully saturated rings. The number of carboxylic acids is 1. The van der Waals surface area contributed by atoms with E-state index in [1.54, 1.807) is 31.0 Å². The predicted octanol–water partition coefficient (Wildman–Crippen LogP) is 4.48. The van der Waals surface area contributed by atoms with E-state index in [-0.39, 0.29) is 29.2 Å². The molecule has 0 radical (unpaired) electrons. The van der Waals surface area contributed by atoms with Gasteiger partial charge in [0.15, 0.2) is 9.84 Å². The number of aliphatic carboxylic acids is 1. The number of fused-ring (bicyclic) bond motifs is 2. The molecule has 1 N–H and O–H groups in total. The molecule has 4 unspecified atom stereocenters. The number of methoxy groups -OCH3 is 1. The molecule has 2 aromatic carbocycles. The second-order valence-corrected chi connectivity index (χ2v) is 13.0. The van der Waals surface area contributed by atoms with E-state index in [1.807, 2.05) is 51.1 Å². The summed E-state index contributed by atoms with van der Waals surface area (Å²) in [4.78, 5) is 16.3. The molecule has 216 valence electrons. The first kappa shape index (κ1) is 28.5. The van der Waals surface area contributed by atoms with Crippen LogP contribution in [0.1, 0.15) is 54.9 Å². The molecule has 5 rings (SSSR count). The number of carboxylic acid groups (broad SMARTS) is 1. The number of sulfone groups is 1. The number of nitrogens with zero attached hydrogens (tertiary/aromatic N) is 4. The molecular formula is C30H34N4O6S. The van der Waals surface area contributed by atoms with E-state index in [2.05, 4.69) is 15.3 Å². The lowest BCUT2D eigenvalue weighted by atomic mass is 9.84. The summed E-state index contributed by atoms with van der Waals surface area (Å²) in [7, 11) is -0.356. The second kappa shape index (κ2) is 11.1. The van der Waals surface area contributed by atoms with Crippen LogP contribution in [0.5, 0.6) is 11.6 Å². The zero-order valence-electron chi connectivity index (χ0n) is 23.7. The smallest absolute Gasteiger partial charge is 0.304 e. The first-order chi connectivity index (χ1) is 19.5. The van der Waals surface area contributed by atoms with Gasteiger partial charge in [0.2, 0.25) is 5.88 Å². The van der Waals surface area contributed by atoms with Gasteiger partial charge in [0.1, 0.15) is 21.7 Å². The number of ether oxygens (including phenoxy) is 2. The van der Waals surface area contributed by atoms with Crippen molar-refractivity contribution in [3.05, 3.63) is 70.9 Å². The van der Waals surface area contributed by atoms with Crippen molar-refractivity contribution in [2.24, 2.45) is 13.0 Å². The maximum atomic E-state index is 13.7.